The number of rotatable bonds is 6. The predicted octanol–water partition coefficient (Wildman–Crippen LogP) is 2.92. The molecule has 2 aromatic heterocycles. The Morgan fingerprint density at radius 2 is 1.70 bits per heavy atom. The van der Waals surface area contributed by atoms with Gasteiger partial charge in [0.25, 0.3) is 0 Å². The molecule has 8 heteroatoms. The van der Waals surface area contributed by atoms with E-state index >= 15 is 0 Å². The van der Waals surface area contributed by atoms with Gasteiger partial charge >= 0.3 is 0 Å². The molecule has 0 saturated carbocycles. The van der Waals surface area contributed by atoms with Gasteiger partial charge in [-0.15, -0.1) is 5.10 Å². The van der Waals surface area contributed by atoms with Gasteiger partial charge in [0.05, 0.1) is 18.1 Å². The average Bonchev–Trinajstić information content (AvgIpc) is 3.32. The van der Waals surface area contributed by atoms with E-state index in [4.69, 9.17) is 11.6 Å². The third-order valence-electron chi connectivity index (χ3n) is 4.24. The van der Waals surface area contributed by atoms with Crippen LogP contribution in [-0.2, 0) is 19.5 Å². The van der Waals surface area contributed by atoms with Crippen molar-refractivity contribution in [2.45, 2.75) is 19.5 Å². The summed E-state index contributed by atoms with van der Waals surface area (Å²) in [5.74, 6) is 0.799. The Balaban J connectivity index is 1.45. The minimum atomic E-state index is 0.0650. The molecule has 0 aliphatic rings. The van der Waals surface area contributed by atoms with Gasteiger partial charge in [0, 0.05) is 18.8 Å². The molecule has 0 atom stereocenters. The molecule has 0 bridgehead atoms. The van der Waals surface area contributed by atoms with Gasteiger partial charge < -0.3 is 5.11 Å². The van der Waals surface area contributed by atoms with Crippen LogP contribution in [0.3, 0.4) is 0 Å². The summed E-state index contributed by atoms with van der Waals surface area (Å²) in [6, 6.07) is 15.3. The van der Waals surface area contributed by atoms with Gasteiger partial charge in [-0.2, -0.15) is 5.10 Å². The van der Waals surface area contributed by atoms with Gasteiger partial charge in [0.15, 0.2) is 5.82 Å². The number of nitrogens with zero attached hydrogens (tertiary/aromatic N) is 6. The van der Waals surface area contributed by atoms with Crippen molar-refractivity contribution < 1.29 is 5.11 Å². The maximum atomic E-state index is 9.54. The lowest BCUT2D eigenvalue weighted by Gasteiger charge is -2.07. The van der Waals surface area contributed by atoms with Crippen LogP contribution < -0.4 is 0 Å². The molecule has 0 saturated heterocycles. The minimum Gasteiger partial charge on any atom is -0.506 e. The van der Waals surface area contributed by atoms with Crippen LogP contribution in [-0.4, -0.2) is 35.1 Å². The molecule has 2 aromatic carbocycles. The first kappa shape index (κ1) is 17.2. The number of halogens is 1. The Hall–Kier alpha value is -3.19. The number of phenols is 1. The van der Waals surface area contributed by atoms with Gasteiger partial charge in [-0.1, -0.05) is 41.9 Å². The lowest BCUT2D eigenvalue weighted by Crippen LogP contribution is -2.08. The summed E-state index contributed by atoms with van der Waals surface area (Å²) >= 11 is 5.97. The second-order valence-corrected chi connectivity index (χ2v) is 6.64. The monoisotopic (exact) mass is 380 g/mol. The van der Waals surface area contributed by atoms with Crippen molar-refractivity contribution in [3.05, 3.63) is 88.5 Å². The van der Waals surface area contributed by atoms with E-state index in [0.717, 1.165) is 23.5 Å². The second kappa shape index (κ2) is 7.59. The zero-order valence-electron chi connectivity index (χ0n) is 14.4. The zero-order chi connectivity index (χ0) is 18.6. The predicted molar refractivity (Wildman–Crippen MR) is 101 cm³/mol. The van der Waals surface area contributed by atoms with Crippen LogP contribution in [0.25, 0.3) is 0 Å². The lowest BCUT2D eigenvalue weighted by atomic mass is 10.1. The third-order valence-corrected chi connectivity index (χ3v) is 4.54. The number of benzene rings is 2. The zero-order valence-corrected chi connectivity index (χ0v) is 15.2. The molecule has 136 valence electrons. The standard InChI is InChI=1S/C19H17ClN6O/c20-17-10-16(6-7-18(17)27)11-19-22-23-24-26(19)13-15-4-2-14(3-5-15)12-25-9-1-8-21-25/h1-10,27H,11-13H2. The van der Waals surface area contributed by atoms with Crippen LogP contribution in [0, 0.1) is 0 Å². The van der Waals surface area contributed by atoms with Crippen molar-refractivity contribution in [1.29, 1.82) is 0 Å². The maximum absolute atomic E-state index is 9.54. The highest BCUT2D eigenvalue weighted by Gasteiger charge is 2.09. The Morgan fingerprint density at radius 3 is 2.41 bits per heavy atom. The molecule has 0 aliphatic heterocycles. The van der Waals surface area contributed by atoms with E-state index < -0.39 is 0 Å². The largest absolute Gasteiger partial charge is 0.506 e. The number of aromatic hydroxyl groups is 1. The first-order chi connectivity index (χ1) is 13.2. The number of aromatic nitrogens is 6. The van der Waals surface area contributed by atoms with E-state index in [1.54, 1.807) is 23.0 Å². The maximum Gasteiger partial charge on any atom is 0.156 e. The van der Waals surface area contributed by atoms with Crippen LogP contribution in [0.2, 0.25) is 5.02 Å². The van der Waals surface area contributed by atoms with Crippen LogP contribution in [0.15, 0.2) is 60.9 Å². The van der Waals surface area contributed by atoms with E-state index in [0.29, 0.717) is 18.0 Å². The molecule has 27 heavy (non-hydrogen) atoms. The minimum absolute atomic E-state index is 0.0650. The van der Waals surface area contributed by atoms with Gasteiger partial charge in [0.2, 0.25) is 0 Å². The number of hydrogen-bond donors (Lipinski definition) is 1. The van der Waals surface area contributed by atoms with Crippen molar-refractivity contribution in [2.75, 3.05) is 0 Å². The molecular weight excluding hydrogens is 364 g/mol. The number of tetrazole rings is 1. The summed E-state index contributed by atoms with van der Waals surface area (Å²) in [4.78, 5) is 0. The molecule has 0 radical (unpaired) electrons. The first-order valence-electron chi connectivity index (χ1n) is 8.45. The Morgan fingerprint density at radius 1 is 0.963 bits per heavy atom. The van der Waals surface area contributed by atoms with Crippen molar-refractivity contribution in [3.63, 3.8) is 0 Å². The smallest absolute Gasteiger partial charge is 0.156 e. The highest BCUT2D eigenvalue weighted by molar-refractivity contribution is 6.32. The molecule has 0 fully saturated rings. The van der Waals surface area contributed by atoms with Gasteiger partial charge in [-0.3, -0.25) is 4.68 Å². The van der Waals surface area contributed by atoms with E-state index in [1.165, 1.54) is 5.56 Å². The highest BCUT2D eigenvalue weighted by Crippen LogP contribution is 2.24. The van der Waals surface area contributed by atoms with Gasteiger partial charge in [-0.05, 0) is 45.3 Å². The van der Waals surface area contributed by atoms with E-state index in [1.807, 2.05) is 23.0 Å². The van der Waals surface area contributed by atoms with E-state index in [2.05, 4.69) is 44.9 Å². The second-order valence-electron chi connectivity index (χ2n) is 6.24. The normalized spacial score (nSPS) is 11.0. The van der Waals surface area contributed by atoms with Gasteiger partial charge in [-0.25, -0.2) is 4.68 Å². The van der Waals surface area contributed by atoms with Crippen LogP contribution in [0.4, 0.5) is 0 Å². The lowest BCUT2D eigenvalue weighted by molar-refractivity contribution is 0.475. The fourth-order valence-corrected chi connectivity index (χ4v) is 3.02. The summed E-state index contributed by atoms with van der Waals surface area (Å²) in [6.07, 6.45) is 4.25. The molecule has 0 aliphatic carbocycles. The molecule has 7 nitrogen and oxygen atoms in total. The number of hydrogen-bond acceptors (Lipinski definition) is 5. The molecule has 2 heterocycles. The summed E-state index contributed by atoms with van der Waals surface area (Å²) in [5.41, 5.74) is 3.22. The Labute approximate surface area is 160 Å². The molecule has 4 aromatic rings. The van der Waals surface area contributed by atoms with E-state index in [-0.39, 0.29) is 5.75 Å². The molecule has 1 N–H and O–H groups in total. The summed E-state index contributed by atoms with van der Waals surface area (Å²) in [5, 5.41) is 26.1. The van der Waals surface area contributed by atoms with Crippen molar-refractivity contribution in [2.24, 2.45) is 0 Å². The Bertz CT molecular complexity index is 1030. The molecule has 0 unspecified atom stereocenters. The summed E-state index contributed by atoms with van der Waals surface area (Å²) in [6.45, 7) is 1.32. The van der Waals surface area contributed by atoms with Crippen molar-refractivity contribution in [1.82, 2.24) is 30.0 Å². The molecule has 4 rings (SSSR count). The van der Waals surface area contributed by atoms with Crippen molar-refractivity contribution in [3.8, 4) is 5.75 Å². The quantitative estimate of drug-likeness (QED) is 0.556. The fraction of sp³-hybridized carbons (Fsp3) is 0.158. The summed E-state index contributed by atoms with van der Waals surface area (Å²) < 4.78 is 3.65. The SMILES string of the molecule is Oc1ccc(Cc2nnnn2Cc2ccc(Cn3cccn3)cc2)cc1Cl. The third kappa shape index (κ3) is 4.15. The summed E-state index contributed by atoms with van der Waals surface area (Å²) in [7, 11) is 0. The molecular formula is C19H17ClN6O. The molecule has 0 amide bonds. The topological polar surface area (TPSA) is 81.7 Å². The average molecular weight is 381 g/mol. The highest BCUT2D eigenvalue weighted by atomic mass is 35.5. The molecule has 0 spiro atoms. The van der Waals surface area contributed by atoms with Crippen molar-refractivity contribution >= 4 is 11.6 Å². The van der Waals surface area contributed by atoms with Crippen LogP contribution >= 0.6 is 11.6 Å². The number of phenolic OH excluding ortho intramolecular Hbond substituents is 1. The van der Waals surface area contributed by atoms with E-state index in [9.17, 15) is 5.11 Å². The van der Waals surface area contributed by atoms with Crippen LogP contribution in [0.1, 0.15) is 22.5 Å². The first-order valence-corrected chi connectivity index (χ1v) is 8.83. The van der Waals surface area contributed by atoms with Crippen LogP contribution in [0.5, 0.6) is 5.75 Å². The van der Waals surface area contributed by atoms with Gasteiger partial charge in [0.1, 0.15) is 5.75 Å². The Kier molecular flexibility index (Phi) is 4.84. The fourth-order valence-electron chi connectivity index (χ4n) is 2.82.